The average Bonchev–Trinajstić information content (AvgIpc) is 2.66. The number of likely N-dealkylation sites (tertiary alicyclic amines) is 1. The van der Waals surface area contributed by atoms with Crippen LogP contribution in [0.5, 0.6) is 0 Å². The molecule has 6 nitrogen and oxygen atoms in total. The molecular formula is C22H36FN3O3Si. The second-order valence-electron chi connectivity index (χ2n) is 9.49. The number of rotatable bonds is 7. The van der Waals surface area contributed by atoms with Crippen molar-refractivity contribution < 1.29 is 18.3 Å². The number of piperazine rings is 1. The van der Waals surface area contributed by atoms with Gasteiger partial charge in [-0.2, -0.15) is 0 Å². The third-order valence-corrected chi connectivity index (χ3v) is 9.48. The zero-order valence-electron chi connectivity index (χ0n) is 19.0. The number of amides is 1. The lowest BCUT2D eigenvalue weighted by molar-refractivity contribution is -0.144. The van der Waals surface area contributed by atoms with Gasteiger partial charge in [-0.1, -0.05) is 32.9 Å². The molecule has 0 spiro atoms. The predicted molar refractivity (Wildman–Crippen MR) is 120 cm³/mol. The van der Waals surface area contributed by atoms with Crippen molar-refractivity contribution in [2.75, 3.05) is 57.8 Å². The maximum Gasteiger partial charge on any atom is 0.236 e. The fourth-order valence-corrected chi connectivity index (χ4v) is 4.55. The van der Waals surface area contributed by atoms with Crippen molar-refractivity contribution in [3.8, 4) is 0 Å². The first kappa shape index (κ1) is 23.2. The summed E-state index contributed by atoms with van der Waals surface area (Å²) in [5.41, 5.74) is 1.26. The van der Waals surface area contributed by atoms with Crippen LogP contribution in [-0.4, -0.2) is 83.8 Å². The Morgan fingerprint density at radius 3 is 2.47 bits per heavy atom. The predicted octanol–water partition coefficient (Wildman–Crippen LogP) is 2.48. The number of methoxy groups -OCH3 is 1. The minimum Gasteiger partial charge on any atom is -0.415 e. The van der Waals surface area contributed by atoms with Crippen LogP contribution in [0.2, 0.25) is 11.6 Å². The van der Waals surface area contributed by atoms with E-state index in [1.165, 1.54) is 0 Å². The minimum atomic E-state index is -1.40. The topological polar surface area (TPSA) is 45.2 Å². The first-order valence-corrected chi connectivity index (χ1v) is 13.1. The van der Waals surface area contributed by atoms with Crippen molar-refractivity contribution in [1.29, 1.82) is 0 Å². The Morgan fingerprint density at radius 2 is 1.87 bits per heavy atom. The zero-order valence-corrected chi connectivity index (χ0v) is 20.1. The summed E-state index contributed by atoms with van der Waals surface area (Å²) >= 11 is 0. The van der Waals surface area contributed by atoms with Gasteiger partial charge >= 0.3 is 0 Å². The van der Waals surface area contributed by atoms with E-state index >= 15 is 4.39 Å². The van der Waals surface area contributed by atoms with Gasteiger partial charge in [0.1, 0.15) is 0 Å². The number of hydrogen-bond acceptors (Lipinski definition) is 5. The van der Waals surface area contributed by atoms with Crippen molar-refractivity contribution in [3.63, 3.8) is 0 Å². The lowest BCUT2D eigenvalue weighted by atomic mass is 10.1. The number of ether oxygens (including phenoxy) is 1. The molecule has 1 aromatic rings. The van der Waals surface area contributed by atoms with Crippen molar-refractivity contribution >= 4 is 20.6 Å². The van der Waals surface area contributed by atoms with Gasteiger partial charge in [-0.3, -0.25) is 9.69 Å². The molecule has 0 bridgehead atoms. The Labute approximate surface area is 181 Å². The van der Waals surface area contributed by atoms with Gasteiger partial charge < -0.3 is 19.0 Å². The third-order valence-electron chi connectivity index (χ3n) is 6.37. The Balaban J connectivity index is 1.51. The highest BCUT2D eigenvalue weighted by Gasteiger charge is 2.32. The second kappa shape index (κ2) is 9.76. The molecule has 0 aliphatic carbocycles. The lowest BCUT2D eigenvalue weighted by Gasteiger charge is -2.41. The molecule has 2 saturated heterocycles. The molecule has 1 unspecified atom stereocenters. The molecule has 2 heterocycles. The van der Waals surface area contributed by atoms with Crippen LogP contribution in [0, 0.1) is 5.82 Å². The number of nitrogens with zero attached hydrogens (tertiary/aromatic N) is 3. The number of hydrogen-bond donors (Lipinski definition) is 0. The maximum absolute atomic E-state index is 15.1. The van der Waals surface area contributed by atoms with Gasteiger partial charge in [0.05, 0.1) is 24.9 Å². The largest absolute Gasteiger partial charge is 0.415 e. The molecule has 2 aliphatic heterocycles. The molecule has 168 valence electrons. The summed E-state index contributed by atoms with van der Waals surface area (Å²) < 4.78 is 26.4. The zero-order chi connectivity index (χ0) is 21.9. The first-order valence-electron chi connectivity index (χ1n) is 10.9. The highest BCUT2D eigenvalue weighted by atomic mass is 28.3. The van der Waals surface area contributed by atoms with Gasteiger partial charge in [0.25, 0.3) is 0 Å². The Kier molecular flexibility index (Phi) is 7.55. The summed E-state index contributed by atoms with van der Waals surface area (Å²) in [4.78, 5) is 18.4. The molecule has 1 aromatic carbocycles. The normalized spacial score (nSPS) is 19.7. The number of carbonyl (C=O) groups is 1. The van der Waals surface area contributed by atoms with E-state index in [0.29, 0.717) is 50.6 Å². The van der Waals surface area contributed by atoms with Crippen LogP contribution < -0.4 is 4.90 Å². The SMILES string of the molecule is COC1CN(C(=O)CN2CCN(c3cccc(CO[SiH](C)C(C)(C)C)c3F)CC2)C1. The molecule has 0 radical (unpaired) electrons. The van der Waals surface area contributed by atoms with Crippen LogP contribution in [0.15, 0.2) is 18.2 Å². The van der Waals surface area contributed by atoms with Crippen LogP contribution in [0.4, 0.5) is 10.1 Å². The molecule has 1 amide bonds. The van der Waals surface area contributed by atoms with Gasteiger partial charge in [0.15, 0.2) is 14.9 Å². The molecule has 0 saturated carbocycles. The molecule has 3 rings (SSSR count). The molecule has 0 aromatic heterocycles. The summed E-state index contributed by atoms with van der Waals surface area (Å²) in [6, 6.07) is 5.57. The molecular weight excluding hydrogens is 401 g/mol. The first-order chi connectivity index (χ1) is 14.2. The molecule has 0 N–H and O–H groups in total. The number of halogens is 1. The van der Waals surface area contributed by atoms with E-state index in [4.69, 9.17) is 9.16 Å². The maximum atomic E-state index is 15.1. The van der Waals surface area contributed by atoms with Crippen LogP contribution >= 0.6 is 0 Å². The molecule has 30 heavy (non-hydrogen) atoms. The van der Waals surface area contributed by atoms with E-state index in [1.807, 2.05) is 23.1 Å². The number of carbonyl (C=O) groups excluding carboxylic acids is 1. The standard InChI is InChI=1S/C22H36FN3O3Si/c1-22(2,3)30(5)29-16-17-7-6-8-19(21(17)23)25-11-9-24(10-12-25)15-20(27)26-13-18(14-26)28-4/h6-8,18,30H,9-16H2,1-5H3. The minimum absolute atomic E-state index is 0.152. The van der Waals surface area contributed by atoms with E-state index in [0.717, 1.165) is 13.1 Å². The Morgan fingerprint density at radius 1 is 1.20 bits per heavy atom. The summed E-state index contributed by atoms with van der Waals surface area (Å²) in [5, 5.41) is 0.155. The third kappa shape index (κ3) is 5.60. The van der Waals surface area contributed by atoms with Crippen molar-refractivity contribution in [1.82, 2.24) is 9.80 Å². The van der Waals surface area contributed by atoms with Crippen LogP contribution in [0.25, 0.3) is 0 Å². The number of anilines is 1. The highest BCUT2D eigenvalue weighted by molar-refractivity contribution is 6.53. The smallest absolute Gasteiger partial charge is 0.236 e. The summed E-state index contributed by atoms with van der Waals surface area (Å²) in [6.45, 7) is 13.8. The fraction of sp³-hybridized carbons (Fsp3) is 0.682. The van der Waals surface area contributed by atoms with Crippen LogP contribution in [0.1, 0.15) is 26.3 Å². The van der Waals surface area contributed by atoms with E-state index in [9.17, 15) is 4.79 Å². The van der Waals surface area contributed by atoms with Gasteiger partial charge in [0, 0.05) is 51.9 Å². The summed E-state index contributed by atoms with van der Waals surface area (Å²) in [6.07, 6.45) is 0.180. The van der Waals surface area contributed by atoms with Crippen LogP contribution in [0.3, 0.4) is 0 Å². The second-order valence-corrected chi connectivity index (χ2v) is 12.8. The van der Waals surface area contributed by atoms with E-state index < -0.39 is 9.04 Å². The fourth-order valence-electron chi connectivity index (χ4n) is 3.62. The van der Waals surface area contributed by atoms with Gasteiger partial charge in [-0.15, -0.1) is 0 Å². The van der Waals surface area contributed by atoms with Gasteiger partial charge in [-0.25, -0.2) is 4.39 Å². The van der Waals surface area contributed by atoms with Gasteiger partial charge in [-0.05, 0) is 17.7 Å². The van der Waals surface area contributed by atoms with Crippen molar-refractivity contribution in [2.24, 2.45) is 0 Å². The lowest BCUT2D eigenvalue weighted by Crippen LogP contribution is -2.58. The Bertz CT molecular complexity index is 729. The molecule has 2 fully saturated rings. The van der Waals surface area contributed by atoms with E-state index in [-0.39, 0.29) is 22.9 Å². The number of benzene rings is 1. The highest BCUT2D eigenvalue weighted by Crippen LogP contribution is 2.29. The van der Waals surface area contributed by atoms with Gasteiger partial charge in [0.2, 0.25) is 5.91 Å². The van der Waals surface area contributed by atoms with E-state index in [1.54, 1.807) is 7.11 Å². The molecule has 2 aliphatic rings. The van der Waals surface area contributed by atoms with Crippen LogP contribution in [-0.2, 0) is 20.6 Å². The van der Waals surface area contributed by atoms with E-state index in [2.05, 4.69) is 37.1 Å². The summed E-state index contributed by atoms with van der Waals surface area (Å²) in [7, 11) is 0.283. The van der Waals surface area contributed by atoms with Crippen molar-refractivity contribution in [3.05, 3.63) is 29.6 Å². The monoisotopic (exact) mass is 437 g/mol. The summed E-state index contributed by atoms with van der Waals surface area (Å²) in [5.74, 6) is -0.0254. The van der Waals surface area contributed by atoms with Crippen molar-refractivity contribution in [2.45, 2.75) is 45.1 Å². The quantitative estimate of drug-likeness (QED) is 0.614. The molecule has 1 atom stereocenters. The Hall–Kier alpha value is -1.48. The molecule has 8 heteroatoms. The average molecular weight is 438 g/mol.